The van der Waals surface area contributed by atoms with Gasteiger partial charge in [-0.2, -0.15) is 0 Å². The molecule has 4 rings (SSSR count). The highest BCUT2D eigenvalue weighted by Gasteiger charge is 2.42. The van der Waals surface area contributed by atoms with E-state index in [1.54, 1.807) is 0 Å². The maximum atomic E-state index is 13.4. The number of carbonyl (C=O) groups excluding carboxylic acids is 4. The van der Waals surface area contributed by atoms with Gasteiger partial charge >= 0.3 is 5.97 Å². The van der Waals surface area contributed by atoms with Crippen LogP contribution in [-0.2, 0) is 30.4 Å². The normalized spacial score (nSPS) is 25.3. The number of hydrogen-bond donors (Lipinski definition) is 3. The van der Waals surface area contributed by atoms with Crippen LogP contribution in [0.1, 0.15) is 71.3 Å². The largest absolute Gasteiger partial charge is 0.390 e. The van der Waals surface area contributed by atoms with E-state index in [1.807, 2.05) is 51.1 Å². The number of hydrogen-bond acceptors (Lipinski definition) is 8. The van der Waals surface area contributed by atoms with Gasteiger partial charge in [0.2, 0.25) is 5.91 Å². The lowest BCUT2D eigenvalue weighted by Gasteiger charge is -2.47. The molecule has 0 aromatic heterocycles. The molecule has 1 saturated carbocycles. The fraction of sp³-hybridized carbons (Fsp3) is 0.667. The molecule has 220 valence electrons. The van der Waals surface area contributed by atoms with Crippen molar-refractivity contribution in [1.82, 2.24) is 20.6 Å². The van der Waals surface area contributed by atoms with E-state index < -0.39 is 29.9 Å². The number of rotatable bonds is 10. The minimum atomic E-state index is -0.895. The van der Waals surface area contributed by atoms with Gasteiger partial charge in [0.25, 0.3) is 11.8 Å². The monoisotopic (exact) mass is 556 g/mol. The zero-order chi connectivity index (χ0) is 28.9. The molecular weight excluding hydrogens is 512 g/mol. The minimum absolute atomic E-state index is 0.0141. The second-order valence-corrected chi connectivity index (χ2v) is 12.5. The Balaban J connectivity index is 1.46. The van der Waals surface area contributed by atoms with Gasteiger partial charge in [-0.3, -0.25) is 19.3 Å². The van der Waals surface area contributed by atoms with Gasteiger partial charge in [-0.15, -0.1) is 5.06 Å². The maximum absolute atomic E-state index is 13.4. The van der Waals surface area contributed by atoms with Gasteiger partial charge < -0.3 is 20.6 Å². The lowest BCUT2D eigenvalue weighted by atomic mass is 9.72. The number of carbonyl (C=O) groups is 4. The molecule has 2 aliphatic heterocycles. The number of aliphatic hydroxyl groups excluding tert-OH is 1. The van der Waals surface area contributed by atoms with Gasteiger partial charge in [0.1, 0.15) is 0 Å². The van der Waals surface area contributed by atoms with Crippen LogP contribution in [0.25, 0.3) is 0 Å². The number of nitrogens with zero attached hydrogens (tertiary/aromatic N) is 2. The Morgan fingerprint density at radius 2 is 1.70 bits per heavy atom. The Bertz CT molecular complexity index is 1040. The van der Waals surface area contributed by atoms with Gasteiger partial charge in [0, 0.05) is 37.5 Å². The van der Waals surface area contributed by atoms with Gasteiger partial charge in [0.15, 0.2) is 0 Å². The summed E-state index contributed by atoms with van der Waals surface area (Å²) in [6.45, 7) is 6.65. The first-order valence-electron chi connectivity index (χ1n) is 14.6. The number of hydroxylamine groups is 2. The van der Waals surface area contributed by atoms with Gasteiger partial charge in [-0.05, 0) is 57.4 Å². The Hall–Kier alpha value is -2.82. The van der Waals surface area contributed by atoms with Crippen molar-refractivity contribution in [2.24, 2.45) is 11.8 Å². The highest BCUT2D eigenvalue weighted by atomic mass is 16.7. The van der Waals surface area contributed by atoms with Crippen molar-refractivity contribution < 1.29 is 29.1 Å². The molecule has 2 heterocycles. The van der Waals surface area contributed by atoms with Crippen LogP contribution < -0.4 is 10.6 Å². The molecule has 3 aliphatic rings. The summed E-state index contributed by atoms with van der Waals surface area (Å²) < 4.78 is 0. The van der Waals surface area contributed by atoms with Crippen LogP contribution in [0, 0.1) is 11.8 Å². The molecule has 5 atom stereocenters. The number of β-amino-alcohol motifs (C(OH)–C–C–N with tert-alkyl or cyclic N) is 1. The van der Waals surface area contributed by atoms with Crippen LogP contribution in [0.2, 0.25) is 0 Å². The van der Waals surface area contributed by atoms with E-state index >= 15 is 0 Å². The second kappa shape index (κ2) is 13.2. The van der Waals surface area contributed by atoms with E-state index in [2.05, 4.69) is 15.5 Å². The molecule has 2 saturated heterocycles. The molecule has 2 unspecified atom stereocenters. The molecule has 0 spiro atoms. The van der Waals surface area contributed by atoms with Crippen LogP contribution in [0.5, 0.6) is 0 Å². The van der Waals surface area contributed by atoms with Crippen LogP contribution in [0.3, 0.4) is 0 Å². The Labute approximate surface area is 236 Å². The number of likely N-dealkylation sites (tertiary alicyclic amines) is 1. The molecule has 1 aliphatic carbocycles. The number of imide groups is 1. The Kier molecular flexibility index (Phi) is 9.97. The van der Waals surface area contributed by atoms with Crippen LogP contribution in [-0.4, -0.2) is 82.1 Å². The molecule has 0 radical (unpaired) electrons. The van der Waals surface area contributed by atoms with Crippen molar-refractivity contribution in [2.45, 2.75) is 95.9 Å². The summed E-state index contributed by atoms with van der Waals surface area (Å²) in [7, 11) is 0. The van der Waals surface area contributed by atoms with Crippen molar-refractivity contribution in [3.05, 3.63) is 35.9 Å². The third-order valence-corrected chi connectivity index (χ3v) is 8.20. The first-order chi connectivity index (χ1) is 19.0. The summed E-state index contributed by atoms with van der Waals surface area (Å²) in [5, 5.41) is 18.3. The quantitative estimate of drug-likeness (QED) is 0.373. The molecule has 10 heteroatoms. The number of amides is 3. The van der Waals surface area contributed by atoms with Crippen LogP contribution >= 0.6 is 0 Å². The summed E-state index contributed by atoms with van der Waals surface area (Å²) in [6.07, 6.45) is 5.04. The lowest BCUT2D eigenvalue weighted by molar-refractivity contribution is -0.196. The highest BCUT2D eigenvalue weighted by molar-refractivity contribution is 6.01. The first kappa shape index (κ1) is 30.1. The molecule has 0 bridgehead atoms. The molecule has 3 N–H and O–H groups in total. The van der Waals surface area contributed by atoms with Crippen molar-refractivity contribution in [1.29, 1.82) is 0 Å². The van der Waals surface area contributed by atoms with Gasteiger partial charge in [-0.1, -0.05) is 49.6 Å². The van der Waals surface area contributed by atoms with Crippen molar-refractivity contribution in [3.8, 4) is 0 Å². The zero-order valence-corrected chi connectivity index (χ0v) is 23.9. The SMILES string of the molecule is CC(C)(C)NC(=O)[C@@H]1CC2CCCCC2CN1C[C@@H](O)[C@H](Cc1ccccc1)NCC(=O)ON1C(=O)CCC1=O. The fourth-order valence-electron chi connectivity index (χ4n) is 6.21. The lowest BCUT2D eigenvalue weighted by Crippen LogP contribution is -2.60. The van der Waals surface area contributed by atoms with Crippen LogP contribution in [0.4, 0.5) is 0 Å². The smallest absolute Gasteiger partial charge is 0.346 e. The topological polar surface area (TPSA) is 128 Å². The Morgan fingerprint density at radius 3 is 2.35 bits per heavy atom. The van der Waals surface area contributed by atoms with E-state index in [-0.39, 0.29) is 43.4 Å². The number of aliphatic hydroxyl groups is 1. The minimum Gasteiger partial charge on any atom is -0.390 e. The van der Waals surface area contributed by atoms with Gasteiger partial charge in [0.05, 0.1) is 18.7 Å². The molecule has 10 nitrogen and oxygen atoms in total. The molecule has 3 amide bonds. The predicted molar refractivity (Wildman–Crippen MR) is 148 cm³/mol. The maximum Gasteiger partial charge on any atom is 0.346 e. The first-order valence-corrected chi connectivity index (χ1v) is 14.6. The Morgan fingerprint density at radius 1 is 1.05 bits per heavy atom. The summed E-state index contributed by atoms with van der Waals surface area (Å²) in [6, 6.07) is 8.79. The molecule has 3 fully saturated rings. The van der Waals surface area contributed by atoms with Crippen molar-refractivity contribution >= 4 is 23.7 Å². The number of nitrogens with one attached hydrogen (secondary N) is 2. The fourth-order valence-corrected chi connectivity index (χ4v) is 6.21. The average Bonchev–Trinajstić information content (AvgIpc) is 3.22. The number of fused-ring (bicyclic) bond motifs is 1. The van der Waals surface area contributed by atoms with E-state index in [0.29, 0.717) is 23.3 Å². The van der Waals surface area contributed by atoms with E-state index in [0.717, 1.165) is 31.4 Å². The number of benzene rings is 1. The molecule has 40 heavy (non-hydrogen) atoms. The summed E-state index contributed by atoms with van der Waals surface area (Å²) >= 11 is 0. The van der Waals surface area contributed by atoms with E-state index in [4.69, 9.17) is 4.84 Å². The molecule has 1 aromatic carbocycles. The number of piperidine rings is 1. The zero-order valence-electron chi connectivity index (χ0n) is 23.9. The van der Waals surface area contributed by atoms with Gasteiger partial charge in [-0.25, -0.2) is 4.79 Å². The third kappa shape index (κ3) is 8.11. The van der Waals surface area contributed by atoms with E-state index in [1.165, 1.54) is 12.8 Å². The average molecular weight is 557 g/mol. The summed E-state index contributed by atoms with van der Waals surface area (Å²) in [5.41, 5.74) is 0.617. The van der Waals surface area contributed by atoms with Crippen molar-refractivity contribution in [2.75, 3.05) is 19.6 Å². The van der Waals surface area contributed by atoms with Crippen molar-refractivity contribution in [3.63, 3.8) is 0 Å². The molecule has 1 aromatic rings. The predicted octanol–water partition coefficient (Wildman–Crippen LogP) is 1.95. The third-order valence-electron chi connectivity index (χ3n) is 8.20. The van der Waals surface area contributed by atoms with E-state index in [9.17, 15) is 24.3 Å². The summed E-state index contributed by atoms with van der Waals surface area (Å²) in [5.74, 6) is -0.846. The standard InChI is InChI=1S/C30H44N4O6/c1-30(2,3)32-29(39)24-16-21-11-7-8-12-22(21)18-33(24)19-25(35)23(15-20-9-5-4-6-10-20)31-17-28(38)40-34-26(36)13-14-27(34)37/h4-6,9-10,21-25,31,35H,7-8,11-19H2,1-3H3,(H,32,39)/t21?,22?,23-,24-,25+/m0/s1. The van der Waals surface area contributed by atoms with Crippen LogP contribution in [0.15, 0.2) is 30.3 Å². The second-order valence-electron chi connectivity index (χ2n) is 12.5. The molecular formula is C30H44N4O6. The highest BCUT2D eigenvalue weighted by Crippen LogP contribution is 2.39. The summed E-state index contributed by atoms with van der Waals surface area (Å²) in [4.78, 5) is 56.7.